The molecule has 0 aromatic carbocycles. The highest BCUT2D eigenvalue weighted by Crippen LogP contribution is 2.26. The average Bonchev–Trinajstić information content (AvgIpc) is 2.88. The number of rotatable bonds is 5. The molecule has 2 atom stereocenters. The summed E-state index contributed by atoms with van der Waals surface area (Å²) in [4.78, 5) is 13.0. The number of carbonyl (C=O) groups excluding carboxylic acids is 1. The van der Waals surface area contributed by atoms with E-state index in [1.165, 1.54) is 30.8 Å². The number of nitrogens with one attached hydrogen (secondary N) is 1. The fraction of sp³-hybridized carbons (Fsp3) is 0.769. The molecule has 19 heavy (non-hydrogen) atoms. The molecule has 4 nitrogen and oxygen atoms in total. The first-order chi connectivity index (χ1) is 9.26. The summed E-state index contributed by atoms with van der Waals surface area (Å²) in [5, 5.41) is 8.20. The van der Waals surface area contributed by atoms with Gasteiger partial charge in [0.1, 0.15) is 4.88 Å². The number of carbonyl (C=O) groups is 1. The van der Waals surface area contributed by atoms with Crippen LogP contribution in [0.1, 0.15) is 54.4 Å². The Kier molecular flexibility index (Phi) is 5.76. The molecule has 2 unspecified atom stereocenters. The van der Waals surface area contributed by atoms with Crippen molar-refractivity contribution in [1.82, 2.24) is 14.9 Å². The third kappa shape index (κ3) is 3.75. The molecule has 1 aliphatic rings. The Balaban J connectivity index is 2.01. The third-order valence-electron chi connectivity index (χ3n) is 3.67. The van der Waals surface area contributed by atoms with Crippen LogP contribution in [0.25, 0.3) is 0 Å². The van der Waals surface area contributed by atoms with Crippen molar-refractivity contribution < 1.29 is 4.79 Å². The first-order valence-electron chi connectivity index (χ1n) is 6.94. The molecule has 0 aliphatic heterocycles. The maximum atomic E-state index is 12.3. The van der Waals surface area contributed by atoms with Crippen LogP contribution in [0.4, 0.5) is 0 Å². The van der Waals surface area contributed by atoms with Crippen LogP contribution in [0.2, 0.25) is 0 Å². The summed E-state index contributed by atoms with van der Waals surface area (Å²) in [5.41, 5.74) is 0.844. The highest BCUT2D eigenvalue weighted by Gasteiger charge is 2.27. The first-order valence-corrected chi connectivity index (χ1v) is 8.83. The second-order valence-corrected chi connectivity index (χ2v) is 6.48. The molecule has 1 N–H and O–H groups in total. The van der Waals surface area contributed by atoms with Crippen LogP contribution in [-0.4, -0.2) is 26.9 Å². The van der Waals surface area contributed by atoms with Gasteiger partial charge >= 0.3 is 0 Å². The molecule has 0 radical (unpaired) electrons. The lowest BCUT2D eigenvalue weighted by atomic mass is 9.86. The van der Waals surface area contributed by atoms with Crippen molar-refractivity contribution >= 4 is 33.4 Å². The number of hydrogen-bond acceptors (Lipinski definition) is 4. The summed E-state index contributed by atoms with van der Waals surface area (Å²) in [6, 6.07) is 0.289. The number of aromatic nitrogens is 2. The van der Waals surface area contributed by atoms with Gasteiger partial charge in [0.05, 0.1) is 5.69 Å². The zero-order valence-corrected chi connectivity index (χ0v) is 13.6. The molecule has 1 amide bonds. The van der Waals surface area contributed by atoms with Crippen LogP contribution in [0.15, 0.2) is 0 Å². The van der Waals surface area contributed by atoms with Gasteiger partial charge in [-0.25, -0.2) is 0 Å². The van der Waals surface area contributed by atoms with E-state index >= 15 is 0 Å². The van der Waals surface area contributed by atoms with Crippen LogP contribution < -0.4 is 5.32 Å². The van der Waals surface area contributed by atoms with E-state index in [4.69, 9.17) is 0 Å². The normalized spacial score (nSPS) is 23.3. The van der Waals surface area contributed by atoms with Gasteiger partial charge in [-0.2, -0.15) is 0 Å². The quantitative estimate of drug-likeness (QED) is 0.833. The predicted molar refractivity (Wildman–Crippen MR) is 80.9 cm³/mol. The van der Waals surface area contributed by atoms with Gasteiger partial charge in [-0.1, -0.05) is 46.6 Å². The van der Waals surface area contributed by atoms with Crippen LogP contribution >= 0.6 is 27.5 Å². The highest BCUT2D eigenvalue weighted by molar-refractivity contribution is 9.09. The molecule has 1 aromatic heterocycles. The van der Waals surface area contributed by atoms with Crippen LogP contribution in [0.5, 0.6) is 0 Å². The SMILES string of the molecule is CCCc1nnsc1C(=O)NC1CCCCC1CBr. The van der Waals surface area contributed by atoms with Crippen molar-refractivity contribution in [2.75, 3.05) is 5.33 Å². The van der Waals surface area contributed by atoms with Crippen molar-refractivity contribution in [3.8, 4) is 0 Å². The maximum absolute atomic E-state index is 12.3. The number of hydrogen-bond donors (Lipinski definition) is 1. The Morgan fingerprint density at radius 3 is 3.00 bits per heavy atom. The first kappa shape index (κ1) is 14.9. The van der Waals surface area contributed by atoms with Gasteiger partial charge in [0.2, 0.25) is 0 Å². The summed E-state index contributed by atoms with van der Waals surface area (Å²) < 4.78 is 3.92. The summed E-state index contributed by atoms with van der Waals surface area (Å²) in [5.74, 6) is 0.560. The van der Waals surface area contributed by atoms with E-state index in [9.17, 15) is 4.79 Å². The molecular formula is C13H20BrN3OS. The van der Waals surface area contributed by atoms with Crippen LogP contribution in [0, 0.1) is 5.92 Å². The summed E-state index contributed by atoms with van der Waals surface area (Å²) in [6.45, 7) is 2.09. The lowest BCUT2D eigenvalue weighted by Crippen LogP contribution is -2.42. The molecular weight excluding hydrogens is 326 g/mol. The number of halogens is 1. The molecule has 0 saturated heterocycles. The van der Waals surface area contributed by atoms with E-state index in [0.29, 0.717) is 10.8 Å². The molecule has 1 aromatic rings. The molecule has 1 heterocycles. The Morgan fingerprint density at radius 2 is 2.26 bits per heavy atom. The third-order valence-corrected chi connectivity index (χ3v) is 5.27. The molecule has 0 spiro atoms. The number of alkyl halides is 1. The van der Waals surface area contributed by atoms with Gasteiger partial charge < -0.3 is 5.32 Å². The zero-order valence-electron chi connectivity index (χ0n) is 11.2. The highest BCUT2D eigenvalue weighted by atomic mass is 79.9. The van der Waals surface area contributed by atoms with Gasteiger partial charge in [0.25, 0.3) is 5.91 Å². The molecule has 2 rings (SSSR count). The second-order valence-electron chi connectivity index (χ2n) is 5.08. The molecule has 6 heteroatoms. The standard InChI is InChI=1S/C13H20BrN3OS/c1-2-5-11-12(19-17-16-11)13(18)15-10-7-4-3-6-9(10)8-14/h9-10H,2-8H2,1H3,(H,15,18). The van der Waals surface area contributed by atoms with Gasteiger partial charge in [0, 0.05) is 11.4 Å². The van der Waals surface area contributed by atoms with Crippen molar-refractivity contribution in [1.29, 1.82) is 0 Å². The second kappa shape index (κ2) is 7.33. The summed E-state index contributed by atoms with van der Waals surface area (Å²) in [6.07, 6.45) is 6.56. The largest absolute Gasteiger partial charge is 0.348 e. The van der Waals surface area contributed by atoms with E-state index in [-0.39, 0.29) is 11.9 Å². The Bertz CT molecular complexity index is 424. The van der Waals surface area contributed by atoms with Crippen molar-refractivity contribution in [2.45, 2.75) is 51.5 Å². The number of amides is 1. The smallest absolute Gasteiger partial charge is 0.265 e. The minimum atomic E-state index is 0.0105. The maximum Gasteiger partial charge on any atom is 0.265 e. The monoisotopic (exact) mass is 345 g/mol. The molecule has 1 saturated carbocycles. The molecule has 106 valence electrons. The Morgan fingerprint density at radius 1 is 1.47 bits per heavy atom. The van der Waals surface area contributed by atoms with E-state index < -0.39 is 0 Å². The van der Waals surface area contributed by atoms with E-state index in [2.05, 4.69) is 37.8 Å². The lowest BCUT2D eigenvalue weighted by molar-refractivity contribution is 0.0914. The van der Waals surface area contributed by atoms with Gasteiger partial charge in [-0.05, 0) is 36.7 Å². The number of nitrogens with zero attached hydrogens (tertiary/aromatic N) is 2. The minimum Gasteiger partial charge on any atom is -0.348 e. The van der Waals surface area contributed by atoms with E-state index in [0.717, 1.165) is 30.3 Å². The van der Waals surface area contributed by atoms with Gasteiger partial charge in [0.15, 0.2) is 0 Å². The fourth-order valence-corrected chi connectivity index (χ4v) is 3.98. The van der Waals surface area contributed by atoms with E-state index in [1.54, 1.807) is 0 Å². The fourth-order valence-electron chi connectivity index (χ4n) is 2.60. The van der Waals surface area contributed by atoms with Crippen molar-refractivity contribution in [3.05, 3.63) is 10.6 Å². The van der Waals surface area contributed by atoms with Crippen LogP contribution in [-0.2, 0) is 6.42 Å². The molecule has 1 fully saturated rings. The predicted octanol–water partition coefficient (Wildman–Crippen LogP) is 3.17. The minimum absolute atomic E-state index is 0.0105. The van der Waals surface area contributed by atoms with Crippen molar-refractivity contribution in [3.63, 3.8) is 0 Å². The zero-order chi connectivity index (χ0) is 13.7. The van der Waals surface area contributed by atoms with Crippen LogP contribution in [0.3, 0.4) is 0 Å². The topological polar surface area (TPSA) is 54.9 Å². The van der Waals surface area contributed by atoms with Crippen molar-refractivity contribution in [2.24, 2.45) is 5.92 Å². The molecule has 0 bridgehead atoms. The lowest BCUT2D eigenvalue weighted by Gasteiger charge is -2.30. The molecule has 1 aliphatic carbocycles. The average molecular weight is 346 g/mol. The van der Waals surface area contributed by atoms with Gasteiger partial charge in [-0.15, -0.1) is 5.10 Å². The summed E-state index contributed by atoms with van der Waals surface area (Å²) in [7, 11) is 0. The van der Waals surface area contributed by atoms with Gasteiger partial charge in [-0.3, -0.25) is 4.79 Å². The Hall–Kier alpha value is -0.490. The Labute approximate surface area is 126 Å². The summed E-state index contributed by atoms with van der Waals surface area (Å²) >= 11 is 4.77. The number of aryl methyl sites for hydroxylation is 1. The van der Waals surface area contributed by atoms with E-state index in [1.807, 2.05) is 0 Å².